The molecule has 6 nitrogen and oxygen atoms in total. The van der Waals surface area contributed by atoms with Gasteiger partial charge in [-0.3, -0.25) is 9.59 Å². The number of likely N-dealkylation sites (N-methyl/N-ethyl adjacent to an activating group) is 2. The van der Waals surface area contributed by atoms with E-state index < -0.39 is 6.10 Å². The van der Waals surface area contributed by atoms with Gasteiger partial charge in [-0.1, -0.05) is 60.7 Å². The van der Waals surface area contributed by atoms with Gasteiger partial charge in [-0.05, 0) is 52.7 Å². The van der Waals surface area contributed by atoms with Crippen molar-refractivity contribution in [1.82, 2.24) is 9.80 Å². The molecule has 1 fully saturated rings. The van der Waals surface area contributed by atoms with Crippen LogP contribution in [0, 0.1) is 0 Å². The molecule has 2 amide bonds. The minimum absolute atomic E-state index is 0.0411. The average Bonchev–Trinajstić information content (AvgIpc) is 3.60. The quantitative estimate of drug-likeness (QED) is 0.690. The fourth-order valence-electron chi connectivity index (χ4n) is 5.62. The third kappa shape index (κ3) is 4.49. The summed E-state index contributed by atoms with van der Waals surface area (Å²) in [6.07, 6.45) is 8.79. The maximum Gasteiger partial charge on any atom is 0.250 e. The molecular formula is C30H32N2O4. The Morgan fingerprint density at radius 3 is 1.89 bits per heavy atom. The molecular weight excluding hydrogens is 452 g/mol. The summed E-state index contributed by atoms with van der Waals surface area (Å²) in [4.78, 5) is 26.3. The maximum atomic E-state index is 11.6. The van der Waals surface area contributed by atoms with Crippen LogP contribution in [0.4, 0.5) is 0 Å². The molecule has 2 aliphatic carbocycles. The Balaban J connectivity index is 0.000000148. The van der Waals surface area contributed by atoms with Crippen LogP contribution in [0.5, 0.6) is 0 Å². The Morgan fingerprint density at radius 2 is 1.39 bits per heavy atom. The van der Waals surface area contributed by atoms with Crippen molar-refractivity contribution in [3.63, 3.8) is 0 Å². The zero-order valence-electron chi connectivity index (χ0n) is 20.7. The van der Waals surface area contributed by atoms with E-state index in [1.54, 1.807) is 23.9 Å². The van der Waals surface area contributed by atoms with Gasteiger partial charge in [0.2, 0.25) is 11.8 Å². The Morgan fingerprint density at radius 1 is 0.833 bits per heavy atom. The fourth-order valence-corrected chi connectivity index (χ4v) is 5.62. The van der Waals surface area contributed by atoms with E-state index >= 15 is 0 Å². The summed E-state index contributed by atoms with van der Waals surface area (Å²) in [5.41, 5.74) is 7.67. The molecule has 36 heavy (non-hydrogen) atoms. The molecule has 2 aliphatic heterocycles. The van der Waals surface area contributed by atoms with Crippen molar-refractivity contribution in [1.29, 1.82) is 0 Å². The normalized spacial score (nSPS) is 24.2. The van der Waals surface area contributed by atoms with Crippen molar-refractivity contribution in [3.05, 3.63) is 94.8 Å². The highest BCUT2D eigenvalue weighted by Crippen LogP contribution is 2.35. The monoisotopic (exact) mass is 484 g/mol. The second kappa shape index (κ2) is 9.78. The molecule has 0 saturated carbocycles. The first-order chi connectivity index (χ1) is 17.3. The minimum Gasteiger partial charge on any atom is -0.510 e. The first-order valence-electron chi connectivity index (χ1n) is 12.5. The van der Waals surface area contributed by atoms with Crippen molar-refractivity contribution in [2.45, 2.75) is 50.3 Å². The van der Waals surface area contributed by atoms with Crippen molar-refractivity contribution in [2.24, 2.45) is 0 Å². The second-order valence-corrected chi connectivity index (χ2v) is 9.97. The van der Waals surface area contributed by atoms with Crippen molar-refractivity contribution >= 4 is 23.0 Å². The third-order valence-electron chi connectivity index (χ3n) is 7.85. The van der Waals surface area contributed by atoms with Gasteiger partial charge in [-0.15, -0.1) is 0 Å². The Labute approximate surface area is 211 Å². The van der Waals surface area contributed by atoms with Crippen LogP contribution < -0.4 is 0 Å². The van der Waals surface area contributed by atoms with Crippen LogP contribution in [-0.4, -0.2) is 64.1 Å². The van der Waals surface area contributed by atoms with Gasteiger partial charge in [0, 0.05) is 26.6 Å². The average molecular weight is 485 g/mol. The summed E-state index contributed by atoms with van der Waals surface area (Å²) in [5.74, 6) is 0.0940. The number of hydrogen-bond donors (Lipinski definition) is 2. The van der Waals surface area contributed by atoms with Crippen molar-refractivity contribution < 1.29 is 19.8 Å². The van der Waals surface area contributed by atoms with E-state index in [4.69, 9.17) is 0 Å². The van der Waals surface area contributed by atoms with Gasteiger partial charge < -0.3 is 20.0 Å². The van der Waals surface area contributed by atoms with Crippen LogP contribution in [0.3, 0.4) is 0 Å². The minimum atomic E-state index is -0.531. The maximum absolute atomic E-state index is 11.6. The summed E-state index contributed by atoms with van der Waals surface area (Å²) >= 11 is 0. The molecule has 3 atom stereocenters. The molecule has 0 aromatic heterocycles. The first kappa shape index (κ1) is 24.1. The molecule has 2 aromatic rings. The molecule has 0 radical (unpaired) electrons. The molecule has 2 heterocycles. The number of allylic oxidation sites excluding steroid dienone is 2. The number of benzene rings is 2. The number of carbonyl (C=O) groups is 2. The van der Waals surface area contributed by atoms with E-state index in [1.807, 2.05) is 18.2 Å². The summed E-state index contributed by atoms with van der Waals surface area (Å²) in [6, 6.07) is 16.4. The van der Waals surface area contributed by atoms with Crippen LogP contribution in [0.15, 0.2) is 72.5 Å². The summed E-state index contributed by atoms with van der Waals surface area (Å²) in [6.45, 7) is 0. The number of amides is 2. The highest BCUT2D eigenvalue weighted by Gasteiger charge is 2.37. The zero-order valence-corrected chi connectivity index (χ0v) is 20.7. The number of nitrogens with zero attached hydrogens (tertiary/aromatic N) is 2. The van der Waals surface area contributed by atoms with Gasteiger partial charge >= 0.3 is 0 Å². The van der Waals surface area contributed by atoms with Crippen molar-refractivity contribution in [3.8, 4) is 0 Å². The van der Waals surface area contributed by atoms with E-state index in [0.29, 0.717) is 6.42 Å². The number of aliphatic hydroxyl groups is 2. The Bertz CT molecular complexity index is 1290. The van der Waals surface area contributed by atoms with E-state index in [9.17, 15) is 19.8 Å². The van der Waals surface area contributed by atoms with E-state index in [2.05, 4.69) is 42.5 Å². The lowest BCUT2D eigenvalue weighted by Gasteiger charge is -2.23. The number of carbonyl (C=O) groups excluding carboxylic acids is 2. The van der Waals surface area contributed by atoms with E-state index in [0.717, 1.165) is 19.3 Å². The molecule has 6 heteroatoms. The summed E-state index contributed by atoms with van der Waals surface area (Å²) in [7, 11) is 3.51. The zero-order chi connectivity index (χ0) is 25.4. The van der Waals surface area contributed by atoms with Gasteiger partial charge in [-0.2, -0.15) is 0 Å². The van der Waals surface area contributed by atoms with E-state index in [-0.39, 0.29) is 36.1 Å². The van der Waals surface area contributed by atoms with Crippen LogP contribution in [0.1, 0.15) is 41.5 Å². The van der Waals surface area contributed by atoms with Gasteiger partial charge in [0.05, 0.1) is 24.6 Å². The second-order valence-electron chi connectivity index (χ2n) is 9.97. The Kier molecular flexibility index (Phi) is 6.54. The molecule has 1 saturated heterocycles. The van der Waals surface area contributed by atoms with Crippen LogP contribution in [0.2, 0.25) is 0 Å². The summed E-state index contributed by atoms with van der Waals surface area (Å²) in [5, 5.41) is 19.8. The predicted molar refractivity (Wildman–Crippen MR) is 140 cm³/mol. The number of fused-ring (bicyclic) bond motifs is 2. The SMILES string of the molecule is CN1C(=O)C=C(O)[C@H]1CC1=CCc2ccccc21.CN1C(=O)C[C@@H](O)[C@H]1CC1=CCc2ccccc21. The smallest absolute Gasteiger partial charge is 0.250 e. The highest BCUT2D eigenvalue weighted by molar-refractivity contribution is 5.91. The molecule has 186 valence electrons. The standard InChI is InChI=1S/C15H17NO2.C15H15NO2/c2*1-16-13(14(17)9-15(16)18)8-11-7-6-10-4-2-3-5-12(10)11/h2-5,7,13-14,17H,6,8-9H2,1H3;2-5,7,9,13,17H,6,8H2,1H3/t13-,14-;13-/m11/s1. The van der Waals surface area contributed by atoms with Gasteiger partial charge in [0.15, 0.2) is 0 Å². The topological polar surface area (TPSA) is 81.1 Å². The van der Waals surface area contributed by atoms with Crippen LogP contribution in [-0.2, 0) is 22.4 Å². The summed E-state index contributed by atoms with van der Waals surface area (Å²) < 4.78 is 0. The molecule has 6 rings (SSSR count). The number of likely N-dealkylation sites (tertiary alicyclic amines) is 1. The molecule has 0 spiro atoms. The van der Waals surface area contributed by atoms with Crippen LogP contribution >= 0.6 is 0 Å². The fraction of sp³-hybridized carbons (Fsp3) is 0.333. The third-order valence-corrected chi connectivity index (χ3v) is 7.85. The van der Waals surface area contributed by atoms with Crippen LogP contribution in [0.25, 0.3) is 11.1 Å². The molecule has 4 aliphatic rings. The van der Waals surface area contributed by atoms with Gasteiger partial charge in [0.25, 0.3) is 0 Å². The lowest BCUT2D eigenvalue weighted by molar-refractivity contribution is -0.127. The Hall–Kier alpha value is -3.64. The van der Waals surface area contributed by atoms with Gasteiger partial charge in [0.1, 0.15) is 5.76 Å². The molecule has 0 bridgehead atoms. The number of rotatable bonds is 4. The molecule has 2 N–H and O–H groups in total. The first-order valence-corrected chi connectivity index (χ1v) is 12.5. The predicted octanol–water partition coefficient (Wildman–Crippen LogP) is 3.91. The number of aliphatic hydroxyl groups excluding tert-OH is 2. The lowest BCUT2D eigenvalue weighted by atomic mass is 9.97. The van der Waals surface area contributed by atoms with E-state index in [1.165, 1.54) is 39.5 Å². The van der Waals surface area contributed by atoms with Crippen molar-refractivity contribution in [2.75, 3.05) is 14.1 Å². The molecule has 0 unspecified atom stereocenters. The van der Waals surface area contributed by atoms with Gasteiger partial charge in [-0.25, -0.2) is 0 Å². The largest absolute Gasteiger partial charge is 0.510 e. The lowest BCUT2D eigenvalue weighted by Crippen LogP contribution is -2.33. The highest BCUT2D eigenvalue weighted by atomic mass is 16.3. The molecule has 2 aromatic carbocycles. The number of hydrogen-bond acceptors (Lipinski definition) is 4.